The van der Waals surface area contributed by atoms with E-state index in [1.807, 2.05) is 60.7 Å². The molecule has 10 rings (SSSR count). The summed E-state index contributed by atoms with van der Waals surface area (Å²) in [5.41, 5.74) is 7.58. The minimum atomic E-state index is 0.644. The van der Waals surface area contributed by atoms with Gasteiger partial charge in [-0.1, -0.05) is 182 Å². The molecule has 9 aromatic carbocycles. The molecule has 0 saturated heterocycles. The Morgan fingerprint density at radius 1 is 0.250 bits per heavy atom. The average Bonchev–Trinajstić information content (AvgIpc) is 3.24. The summed E-state index contributed by atoms with van der Waals surface area (Å²) in [6.45, 7) is 0. The van der Waals surface area contributed by atoms with Crippen molar-refractivity contribution >= 4 is 43.1 Å². The van der Waals surface area contributed by atoms with E-state index in [1.54, 1.807) is 0 Å². The smallest absolute Gasteiger partial charge is 0.164 e. The number of fused-ring (bicyclic) bond motifs is 7. The number of hydrogen-bond donors (Lipinski definition) is 0. The van der Waals surface area contributed by atoms with E-state index in [0.717, 1.165) is 22.3 Å². The van der Waals surface area contributed by atoms with Gasteiger partial charge in [0, 0.05) is 16.7 Å². The van der Waals surface area contributed by atoms with Crippen LogP contribution >= 0.6 is 0 Å². The summed E-state index contributed by atoms with van der Waals surface area (Å²) in [5.74, 6) is 1.95. The van der Waals surface area contributed by atoms with Crippen LogP contribution in [0.4, 0.5) is 0 Å². The standard InChI is InChI=1S/C49H31N3/c1-3-14-34(15-4-1)47-50-48(35-16-5-2-6-17-35)52-49(51-47)36-25-23-33(24-26-36)46-38-18-8-7-13-32(38)27-29-39(46)37-28-30-44-42-21-10-9-19-40(42)41-20-11-12-22-43(41)45(44)31-37/h1-31H. The second-order valence-corrected chi connectivity index (χ2v) is 13.2. The van der Waals surface area contributed by atoms with Crippen molar-refractivity contribution in [1.29, 1.82) is 0 Å². The SMILES string of the molecule is c1ccc(-c2nc(-c3ccccc3)nc(-c3ccc(-c4c(-c5ccc6c7ccccc7c7ccccc7c6c5)ccc5ccccc45)cc3)n2)cc1. The molecular weight excluding hydrogens is 631 g/mol. The highest BCUT2D eigenvalue weighted by Gasteiger charge is 2.16. The zero-order valence-corrected chi connectivity index (χ0v) is 28.2. The zero-order chi connectivity index (χ0) is 34.4. The van der Waals surface area contributed by atoms with Gasteiger partial charge in [-0.2, -0.15) is 0 Å². The van der Waals surface area contributed by atoms with Crippen molar-refractivity contribution < 1.29 is 0 Å². The van der Waals surface area contributed by atoms with E-state index in [0.29, 0.717) is 17.5 Å². The summed E-state index contributed by atoms with van der Waals surface area (Å²) < 4.78 is 0. The Balaban J connectivity index is 1.14. The van der Waals surface area contributed by atoms with Gasteiger partial charge in [0.05, 0.1) is 0 Å². The lowest BCUT2D eigenvalue weighted by molar-refractivity contribution is 1.07. The molecule has 0 aliphatic heterocycles. The topological polar surface area (TPSA) is 38.7 Å². The molecule has 0 fully saturated rings. The molecular formula is C49H31N3. The molecule has 0 saturated carbocycles. The maximum atomic E-state index is 4.97. The van der Waals surface area contributed by atoms with E-state index in [9.17, 15) is 0 Å². The lowest BCUT2D eigenvalue weighted by Gasteiger charge is -2.16. The largest absolute Gasteiger partial charge is 0.208 e. The van der Waals surface area contributed by atoms with Crippen LogP contribution in [0.5, 0.6) is 0 Å². The van der Waals surface area contributed by atoms with Gasteiger partial charge in [0.15, 0.2) is 17.5 Å². The molecule has 1 heterocycles. The van der Waals surface area contributed by atoms with Crippen LogP contribution in [0.2, 0.25) is 0 Å². The summed E-state index contributed by atoms with van der Waals surface area (Å²) in [6.07, 6.45) is 0. The molecule has 1 aromatic heterocycles. The van der Waals surface area contributed by atoms with Gasteiger partial charge < -0.3 is 0 Å². The maximum Gasteiger partial charge on any atom is 0.164 e. The second-order valence-electron chi connectivity index (χ2n) is 13.2. The van der Waals surface area contributed by atoms with E-state index in [-0.39, 0.29) is 0 Å². The molecule has 0 N–H and O–H groups in total. The van der Waals surface area contributed by atoms with E-state index in [4.69, 9.17) is 15.0 Å². The minimum Gasteiger partial charge on any atom is -0.208 e. The van der Waals surface area contributed by atoms with Crippen molar-refractivity contribution in [3.8, 4) is 56.4 Å². The van der Waals surface area contributed by atoms with Gasteiger partial charge in [-0.3, -0.25) is 0 Å². The highest BCUT2D eigenvalue weighted by atomic mass is 15.0. The van der Waals surface area contributed by atoms with Crippen LogP contribution in [0.25, 0.3) is 99.5 Å². The summed E-state index contributed by atoms with van der Waals surface area (Å²) >= 11 is 0. The molecule has 0 bridgehead atoms. The Morgan fingerprint density at radius 2 is 0.654 bits per heavy atom. The molecule has 0 unspecified atom stereocenters. The van der Waals surface area contributed by atoms with Crippen molar-refractivity contribution in [3.05, 3.63) is 188 Å². The van der Waals surface area contributed by atoms with Crippen molar-refractivity contribution in [1.82, 2.24) is 15.0 Å². The van der Waals surface area contributed by atoms with E-state index < -0.39 is 0 Å². The highest BCUT2D eigenvalue weighted by molar-refractivity contribution is 6.26. The number of hydrogen-bond acceptors (Lipinski definition) is 3. The van der Waals surface area contributed by atoms with Gasteiger partial charge in [0.2, 0.25) is 0 Å². The van der Waals surface area contributed by atoms with Crippen LogP contribution < -0.4 is 0 Å². The average molecular weight is 662 g/mol. The van der Waals surface area contributed by atoms with Gasteiger partial charge in [-0.05, 0) is 71.4 Å². The lowest BCUT2D eigenvalue weighted by Crippen LogP contribution is -2.00. The van der Waals surface area contributed by atoms with Crippen molar-refractivity contribution in [2.24, 2.45) is 0 Å². The first kappa shape index (κ1) is 29.9. The van der Waals surface area contributed by atoms with Gasteiger partial charge in [-0.15, -0.1) is 0 Å². The number of rotatable bonds is 5. The number of benzene rings is 9. The van der Waals surface area contributed by atoms with Crippen molar-refractivity contribution in [2.75, 3.05) is 0 Å². The predicted molar refractivity (Wildman–Crippen MR) is 217 cm³/mol. The first-order valence-electron chi connectivity index (χ1n) is 17.6. The molecule has 0 atom stereocenters. The fourth-order valence-electron chi connectivity index (χ4n) is 7.62. The lowest BCUT2D eigenvalue weighted by atomic mass is 9.87. The van der Waals surface area contributed by atoms with Crippen LogP contribution in [-0.4, -0.2) is 15.0 Å². The summed E-state index contributed by atoms with van der Waals surface area (Å²) in [6, 6.07) is 66.6. The summed E-state index contributed by atoms with van der Waals surface area (Å²) in [7, 11) is 0. The number of nitrogens with zero attached hydrogens (tertiary/aromatic N) is 3. The Bertz CT molecular complexity index is 2840. The van der Waals surface area contributed by atoms with E-state index in [2.05, 4.69) is 127 Å². The molecule has 0 aliphatic rings. The third-order valence-electron chi connectivity index (χ3n) is 10.1. The molecule has 242 valence electrons. The predicted octanol–water partition coefficient (Wildman–Crippen LogP) is 12.8. The third-order valence-corrected chi connectivity index (χ3v) is 10.1. The van der Waals surface area contributed by atoms with Crippen molar-refractivity contribution in [2.45, 2.75) is 0 Å². The Morgan fingerprint density at radius 3 is 1.21 bits per heavy atom. The third kappa shape index (κ3) is 5.10. The Hall–Kier alpha value is -6.97. The van der Waals surface area contributed by atoms with Gasteiger partial charge in [0.25, 0.3) is 0 Å². The first-order chi connectivity index (χ1) is 25.8. The fraction of sp³-hybridized carbons (Fsp3) is 0. The van der Waals surface area contributed by atoms with Crippen LogP contribution in [-0.2, 0) is 0 Å². The van der Waals surface area contributed by atoms with E-state index >= 15 is 0 Å². The quantitative estimate of drug-likeness (QED) is 0.172. The Labute approximate surface area is 301 Å². The molecule has 3 heteroatoms. The highest BCUT2D eigenvalue weighted by Crippen LogP contribution is 2.42. The van der Waals surface area contributed by atoms with Crippen LogP contribution in [0.3, 0.4) is 0 Å². The zero-order valence-electron chi connectivity index (χ0n) is 28.2. The van der Waals surface area contributed by atoms with E-state index in [1.165, 1.54) is 59.8 Å². The number of aromatic nitrogens is 3. The van der Waals surface area contributed by atoms with Gasteiger partial charge >= 0.3 is 0 Å². The normalized spacial score (nSPS) is 11.5. The molecule has 0 aliphatic carbocycles. The van der Waals surface area contributed by atoms with Crippen molar-refractivity contribution in [3.63, 3.8) is 0 Å². The maximum absolute atomic E-state index is 4.97. The minimum absolute atomic E-state index is 0.644. The summed E-state index contributed by atoms with van der Waals surface area (Å²) in [5, 5.41) is 10.1. The molecule has 52 heavy (non-hydrogen) atoms. The van der Waals surface area contributed by atoms with Crippen LogP contribution in [0, 0.1) is 0 Å². The second kappa shape index (κ2) is 12.4. The first-order valence-corrected chi connectivity index (χ1v) is 17.6. The molecule has 0 spiro atoms. The van der Waals surface area contributed by atoms with Gasteiger partial charge in [0.1, 0.15) is 0 Å². The monoisotopic (exact) mass is 661 g/mol. The van der Waals surface area contributed by atoms with Crippen LogP contribution in [0.1, 0.15) is 0 Å². The molecule has 10 aromatic rings. The Kier molecular flexibility index (Phi) is 7.14. The van der Waals surface area contributed by atoms with Crippen LogP contribution in [0.15, 0.2) is 188 Å². The molecule has 3 nitrogen and oxygen atoms in total. The molecule has 0 radical (unpaired) electrons. The fourth-order valence-corrected chi connectivity index (χ4v) is 7.62. The summed E-state index contributed by atoms with van der Waals surface area (Å²) in [4.78, 5) is 14.8. The molecule has 0 amide bonds. The van der Waals surface area contributed by atoms with Gasteiger partial charge in [-0.25, -0.2) is 15.0 Å².